The van der Waals surface area contributed by atoms with Gasteiger partial charge in [0, 0.05) is 27.8 Å². The van der Waals surface area contributed by atoms with Crippen LogP contribution in [-0.2, 0) is 16.2 Å². The smallest absolute Gasteiger partial charge is 0.331 e. The van der Waals surface area contributed by atoms with Gasteiger partial charge in [-0.1, -0.05) is 257 Å². The Labute approximate surface area is 716 Å². The van der Waals surface area contributed by atoms with Gasteiger partial charge in [-0.05, 0) is 341 Å². The van der Waals surface area contributed by atoms with Crippen LogP contribution in [0.5, 0.6) is 0 Å². The molecular weight excluding hydrogens is 1480 g/mol. The molecule has 0 saturated carbocycles. The van der Waals surface area contributed by atoms with Gasteiger partial charge in [0.25, 0.3) is 0 Å². The molecule has 0 amide bonds. The summed E-state index contributed by atoms with van der Waals surface area (Å²) in [6, 6.07) is 73.9. The van der Waals surface area contributed by atoms with Gasteiger partial charge in [0.15, 0.2) is 0 Å². The van der Waals surface area contributed by atoms with Crippen molar-refractivity contribution in [1.82, 2.24) is 0 Å². The topological polar surface area (TPSA) is 109 Å². The van der Waals surface area contributed by atoms with Crippen LogP contribution >= 0.6 is 0 Å². The van der Waals surface area contributed by atoms with Crippen molar-refractivity contribution >= 4 is 89.8 Å². The number of fused-ring (bicyclic) bond motifs is 6. The molecule has 121 heavy (non-hydrogen) atoms. The highest BCUT2D eigenvalue weighted by molar-refractivity contribution is 6.84. The first-order valence-electron chi connectivity index (χ1n) is 42.2. The van der Waals surface area contributed by atoms with Crippen LogP contribution in [0.4, 0.5) is 0 Å². The molecule has 0 saturated heterocycles. The van der Waals surface area contributed by atoms with E-state index in [0.717, 1.165) is 181 Å². The normalized spacial score (nSPS) is 11.8. The molecule has 0 spiro atoms. The molecule has 0 unspecified atom stereocenters. The summed E-state index contributed by atoms with van der Waals surface area (Å²) < 4.78 is 0. The van der Waals surface area contributed by atoms with Gasteiger partial charge < -0.3 is 16.6 Å². The van der Waals surface area contributed by atoms with Crippen molar-refractivity contribution in [3.8, 4) is 68.5 Å². The van der Waals surface area contributed by atoms with E-state index in [0.29, 0.717) is 17.1 Å². The van der Waals surface area contributed by atoms with Gasteiger partial charge in [-0.3, -0.25) is 0 Å². The van der Waals surface area contributed by atoms with E-state index < -0.39 is 8.07 Å². The molecule has 0 atom stereocenters. The van der Waals surface area contributed by atoms with Gasteiger partial charge in [-0.15, -0.1) is 5.54 Å². The second kappa shape index (κ2) is 31.6. The molecule has 0 aromatic heterocycles. The van der Waals surface area contributed by atoms with E-state index in [4.69, 9.17) is 0 Å². The minimum atomic E-state index is -1.73. The molecule has 6 nitrogen and oxygen atoms in total. The van der Waals surface area contributed by atoms with Crippen molar-refractivity contribution < 1.29 is 14.4 Å². The maximum Gasteiger partial charge on any atom is 0.331 e. The number of benzene rings is 15. The summed E-state index contributed by atoms with van der Waals surface area (Å²) in [5.41, 5.74) is 72.5. The zero-order valence-corrected chi connectivity index (χ0v) is 75.8. The van der Waals surface area contributed by atoms with Crippen LogP contribution in [-0.4, -0.2) is 39.6 Å². The van der Waals surface area contributed by atoms with Crippen LogP contribution in [0, 0.1) is 118 Å². The van der Waals surface area contributed by atoms with E-state index in [1.165, 1.54) is 61.2 Å². The average molecular weight is 1590 g/mol. The number of aryl methyl sites for hydroxylation is 12. The van der Waals surface area contributed by atoms with Crippen LogP contribution in [0.2, 0.25) is 19.6 Å². The largest absolute Gasteiger partial charge is 0.361 e. The van der Waals surface area contributed by atoms with E-state index in [1.54, 1.807) is 0 Å². The SMILES string of the molecule is Cc1cc(C#Cc2ccc3c(C(=[N+]=[N-])c4c(C)cc(C#C[Si](C)(C)C)cc4C)c4ccc(C#Cc5cc(C)c(C(=[N+]=[N-])c6c7ccccc7c(-c7c(C)cc(C(C)(C)C)cc7C)c7ccccc67)c(C)c5)cc4c(-c4c(C)cc(C(C)(C)C)cc4C)c3c2)cc(C)c1C(=[N+]=[N-])c1c2ccccc2c(-c2c(C)cc(C(C)(C)C)cc2C)c2ccccc12. The van der Waals surface area contributed by atoms with Crippen molar-refractivity contribution in [1.29, 1.82) is 0 Å². The first-order valence-corrected chi connectivity index (χ1v) is 45.7. The molecule has 596 valence electrons. The van der Waals surface area contributed by atoms with Crippen molar-refractivity contribution in [2.24, 2.45) is 0 Å². The Kier molecular flexibility index (Phi) is 21.6. The summed E-state index contributed by atoms with van der Waals surface area (Å²) in [4.78, 5) is 12.9. The van der Waals surface area contributed by atoms with Crippen LogP contribution in [0.3, 0.4) is 0 Å². The second-order valence-electron chi connectivity index (χ2n) is 38.0. The van der Waals surface area contributed by atoms with Crippen LogP contribution < -0.4 is 0 Å². The summed E-state index contributed by atoms with van der Waals surface area (Å²) >= 11 is 0. The number of nitrogens with zero attached hydrogens (tertiary/aromatic N) is 6. The van der Waals surface area contributed by atoms with E-state index in [2.05, 4.69) is 421 Å². The third-order valence-electron chi connectivity index (χ3n) is 24.5. The minimum Gasteiger partial charge on any atom is -0.361 e. The van der Waals surface area contributed by atoms with Crippen LogP contribution in [0.25, 0.3) is 115 Å². The van der Waals surface area contributed by atoms with Gasteiger partial charge in [0.1, 0.15) is 8.07 Å². The van der Waals surface area contributed by atoms with Crippen molar-refractivity contribution in [2.75, 3.05) is 0 Å². The Morgan fingerprint density at radius 3 is 0.678 bits per heavy atom. The third-order valence-corrected chi connectivity index (χ3v) is 25.4. The fraction of sp³-hybridized carbons (Fsp3) is 0.237. The van der Waals surface area contributed by atoms with Crippen molar-refractivity contribution in [2.45, 2.75) is 181 Å². The predicted molar refractivity (Wildman–Crippen MR) is 516 cm³/mol. The van der Waals surface area contributed by atoms with Crippen LogP contribution in [0.1, 0.15) is 207 Å². The monoisotopic (exact) mass is 1590 g/mol. The summed E-state index contributed by atoms with van der Waals surface area (Å²) in [7, 11) is -1.73. The summed E-state index contributed by atoms with van der Waals surface area (Å²) in [5, 5.41) is 12.0. The van der Waals surface area contributed by atoms with Crippen LogP contribution in [0.15, 0.2) is 206 Å². The first-order chi connectivity index (χ1) is 57.4. The molecule has 15 rings (SSSR count). The summed E-state index contributed by atoms with van der Waals surface area (Å²) in [6.07, 6.45) is 0. The lowest BCUT2D eigenvalue weighted by Crippen LogP contribution is -2.16. The fourth-order valence-electron chi connectivity index (χ4n) is 19.0. The van der Waals surface area contributed by atoms with E-state index in [-0.39, 0.29) is 16.2 Å². The van der Waals surface area contributed by atoms with E-state index >= 15 is 0 Å². The van der Waals surface area contributed by atoms with E-state index in [9.17, 15) is 16.6 Å². The zero-order valence-electron chi connectivity index (χ0n) is 74.8. The molecule has 0 aliphatic rings. The van der Waals surface area contributed by atoms with Gasteiger partial charge in [0.05, 0.1) is 33.4 Å². The van der Waals surface area contributed by atoms with Gasteiger partial charge in [0.2, 0.25) is 0 Å². The Balaban J connectivity index is 0.894. The van der Waals surface area contributed by atoms with Crippen molar-refractivity contribution in [3.63, 3.8) is 0 Å². The second-order valence-corrected chi connectivity index (χ2v) is 42.7. The number of hydrogen-bond donors (Lipinski definition) is 0. The van der Waals surface area contributed by atoms with Gasteiger partial charge >= 0.3 is 17.1 Å². The molecule has 0 radical (unpaired) electrons. The molecule has 0 aliphatic carbocycles. The molecule has 7 heteroatoms. The Morgan fingerprint density at radius 2 is 0.446 bits per heavy atom. The molecule has 0 fully saturated rings. The molecule has 0 heterocycles. The van der Waals surface area contributed by atoms with E-state index in [1.807, 2.05) is 0 Å². The Bertz CT molecular complexity index is 6790. The number of hydrogen-bond acceptors (Lipinski definition) is 0. The lowest BCUT2D eigenvalue weighted by atomic mass is 9.79. The standard InChI is InChI=1S/C114H106N6Si/c1-65-51-79(52-66(2)100(65)109(118-115)106-89-37-29-25-33-85(89)103(86-34-26-30-38-90(86)106)97-71(7)57-82(58-72(97)8)112(13,14)15)43-41-77-45-47-93-95(63-77)105(99-75(11)61-84(62-76(99)12)114(19,20)21)96-64-78(46-48-94(96)108(93)111(120-117)102-69(5)55-81(56-70(102)6)49-50-121(22,23)24)42-44-80-53-67(3)101(68(4)54-80)110(119-116)107-91-39-31-27-35-87(91)104(88-36-28-32-40-92(88)107)98-73(9)59-83(60-74(98)10)113(16,17)18/h25-40,45-48,51-64H,1-24H3. The van der Waals surface area contributed by atoms with Crippen molar-refractivity contribution in [3.05, 3.63) is 367 Å². The molecule has 0 bridgehead atoms. The molecule has 15 aromatic carbocycles. The summed E-state index contributed by atoms with van der Waals surface area (Å²) in [5.74, 6) is 18.1. The minimum absolute atomic E-state index is 0.0118. The quantitative estimate of drug-likeness (QED) is 0.0343. The molecule has 0 aliphatic heterocycles. The average Bonchev–Trinajstić information content (AvgIpc) is 0.736. The summed E-state index contributed by atoms with van der Waals surface area (Å²) in [6.45, 7) is 53.1. The highest BCUT2D eigenvalue weighted by atomic mass is 28.3. The Morgan fingerprint density at radius 1 is 0.231 bits per heavy atom. The maximum absolute atomic E-state index is 11.9. The molecular formula is C114H106N6Si. The molecule has 0 N–H and O–H groups in total. The zero-order chi connectivity index (χ0) is 86.5. The highest BCUT2D eigenvalue weighted by Gasteiger charge is 2.34. The highest BCUT2D eigenvalue weighted by Crippen LogP contribution is 2.49. The molecule has 15 aromatic rings. The maximum atomic E-state index is 11.9. The number of rotatable bonds is 9. The lowest BCUT2D eigenvalue weighted by molar-refractivity contribution is -0.00310. The van der Waals surface area contributed by atoms with Gasteiger partial charge in [-0.2, -0.15) is 14.4 Å². The third kappa shape index (κ3) is 15.3. The predicted octanol–water partition coefficient (Wildman–Crippen LogP) is 28.4. The van der Waals surface area contributed by atoms with Gasteiger partial charge in [-0.25, -0.2) is 0 Å². The lowest BCUT2D eigenvalue weighted by Gasteiger charge is -2.24. The Hall–Kier alpha value is -13.1. The fourth-order valence-corrected chi connectivity index (χ4v) is 19.6. The first kappa shape index (κ1) is 83.0.